The zero-order valence-electron chi connectivity index (χ0n) is 12.2. The summed E-state index contributed by atoms with van der Waals surface area (Å²) in [5.41, 5.74) is 0.803. The van der Waals surface area contributed by atoms with Crippen molar-refractivity contribution in [1.29, 1.82) is 0 Å². The quantitative estimate of drug-likeness (QED) is 0.880. The van der Waals surface area contributed by atoms with Gasteiger partial charge in [-0.1, -0.05) is 38.3 Å². The second-order valence-electron chi connectivity index (χ2n) is 6.26. The van der Waals surface area contributed by atoms with Crippen LogP contribution in [-0.2, 0) is 6.54 Å². The number of halogens is 1. The number of hydrogen-bond acceptors (Lipinski definition) is 2. The normalized spacial score (nSPS) is 20.1. The third-order valence-corrected chi connectivity index (χ3v) is 4.68. The maximum Gasteiger partial charge on any atom is 0.103 e. The van der Waals surface area contributed by atoms with Crippen LogP contribution in [0.5, 0.6) is 0 Å². The number of aliphatic hydroxyl groups excluding tert-OH is 1. The summed E-state index contributed by atoms with van der Waals surface area (Å²) in [6, 6.07) is 0. The Hall–Kier alpha value is -0.540. The van der Waals surface area contributed by atoms with Crippen molar-refractivity contribution >= 4 is 11.6 Å². The summed E-state index contributed by atoms with van der Waals surface area (Å²) in [5, 5.41) is 15.8. The van der Waals surface area contributed by atoms with Crippen LogP contribution in [0.15, 0.2) is 6.20 Å². The van der Waals surface area contributed by atoms with Crippen LogP contribution >= 0.6 is 11.6 Å². The zero-order valence-corrected chi connectivity index (χ0v) is 13.0. The Balaban J connectivity index is 2.33. The van der Waals surface area contributed by atoms with Crippen molar-refractivity contribution in [1.82, 2.24) is 9.78 Å². The van der Waals surface area contributed by atoms with Crippen molar-refractivity contribution in [2.24, 2.45) is 11.3 Å². The van der Waals surface area contributed by atoms with Crippen molar-refractivity contribution in [3.05, 3.63) is 16.9 Å². The summed E-state index contributed by atoms with van der Waals surface area (Å²) >= 11 is 6.25. The van der Waals surface area contributed by atoms with E-state index in [1.165, 1.54) is 12.8 Å². The van der Waals surface area contributed by atoms with Gasteiger partial charge in [0, 0.05) is 12.0 Å². The fourth-order valence-electron chi connectivity index (χ4n) is 3.67. The van der Waals surface area contributed by atoms with E-state index in [0.717, 1.165) is 31.5 Å². The highest BCUT2D eigenvalue weighted by molar-refractivity contribution is 6.31. The van der Waals surface area contributed by atoms with Gasteiger partial charge in [-0.05, 0) is 32.1 Å². The fraction of sp³-hybridized carbons (Fsp3) is 0.800. The monoisotopic (exact) mass is 284 g/mol. The molecule has 1 aliphatic carbocycles. The molecule has 0 aromatic carbocycles. The standard InChI is InChI=1S/C15H25ClN2O/c1-4-18-13(12(16)10-17-18)14(19)15(9-11(2)3)7-5-6-8-15/h10-11,14,19H,4-9H2,1-3H3. The molecule has 1 aromatic rings. The van der Waals surface area contributed by atoms with Gasteiger partial charge >= 0.3 is 0 Å². The highest BCUT2D eigenvalue weighted by atomic mass is 35.5. The molecule has 1 heterocycles. The molecule has 0 amide bonds. The van der Waals surface area contributed by atoms with E-state index in [4.69, 9.17) is 11.6 Å². The van der Waals surface area contributed by atoms with E-state index < -0.39 is 6.10 Å². The molecule has 1 aromatic heterocycles. The lowest BCUT2D eigenvalue weighted by Crippen LogP contribution is -2.29. The van der Waals surface area contributed by atoms with Crippen LogP contribution in [0.2, 0.25) is 5.02 Å². The molecule has 3 nitrogen and oxygen atoms in total. The van der Waals surface area contributed by atoms with E-state index in [0.29, 0.717) is 10.9 Å². The third kappa shape index (κ3) is 2.82. The van der Waals surface area contributed by atoms with Gasteiger partial charge in [-0.15, -0.1) is 0 Å². The topological polar surface area (TPSA) is 38.0 Å². The van der Waals surface area contributed by atoms with Gasteiger partial charge in [0.15, 0.2) is 0 Å². The molecule has 1 fully saturated rings. The number of aliphatic hydroxyl groups is 1. The van der Waals surface area contributed by atoms with Gasteiger partial charge in [-0.2, -0.15) is 5.10 Å². The second-order valence-corrected chi connectivity index (χ2v) is 6.67. The van der Waals surface area contributed by atoms with E-state index in [-0.39, 0.29) is 5.41 Å². The molecule has 0 saturated heterocycles. The largest absolute Gasteiger partial charge is 0.386 e. The zero-order chi connectivity index (χ0) is 14.0. The van der Waals surface area contributed by atoms with Crippen LogP contribution < -0.4 is 0 Å². The lowest BCUT2D eigenvalue weighted by Gasteiger charge is -2.36. The summed E-state index contributed by atoms with van der Waals surface area (Å²) < 4.78 is 1.84. The lowest BCUT2D eigenvalue weighted by atomic mass is 9.73. The summed E-state index contributed by atoms with van der Waals surface area (Å²) in [6.07, 6.45) is 6.83. The van der Waals surface area contributed by atoms with Crippen molar-refractivity contribution in [2.45, 2.75) is 65.5 Å². The molecule has 19 heavy (non-hydrogen) atoms. The summed E-state index contributed by atoms with van der Waals surface area (Å²) in [7, 11) is 0. The maximum absolute atomic E-state index is 11.0. The van der Waals surface area contributed by atoms with Gasteiger partial charge in [0.2, 0.25) is 0 Å². The Morgan fingerprint density at radius 3 is 2.58 bits per heavy atom. The van der Waals surface area contributed by atoms with Crippen molar-refractivity contribution in [2.75, 3.05) is 0 Å². The van der Waals surface area contributed by atoms with E-state index in [2.05, 4.69) is 18.9 Å². The molecule has 0 aliphatic heterocycles. The van der Waals surface area contributed by atoms with E-state index in [9.17, 15) is 5.11 Å². The number of aryl methyl sites for hydroxylation is 1. The van der Waals surface area contributed by atoms with Crippen LogP contribution in [0.25, 0.3) is 0 Å². The second kappa shape index (κ2) is 5.84. The predicted molar refractivity (Wildman–Crippen MR) is 78.2 cm³/mol. The smallest absolute Gasteiger partial charge is 0.103 e. The molecule has 0 spiro atoms. The van der Waals surface area contributed by atoms with Crippen LogP contribution in [-0.4, -0.2) is 14.9 Å². The predicted octanol–water partition coefficient (Wildman–Crippen LogP) is 4.20. The molecule has 1 saturated carbocycles. The minimum Gasteiger partial charge on any atom is -0.386 e. The van der Waals surface area contributed by atoms with Crippen LogP contribution in [0.3, 0.4) is 0 Å². The minimum absolute atomic E-state index is 0.00917. The lowest BCUT2D eigenvalue weighted by molar-refractivity contribution is 0.00512. The average molecular weight is 285 g/mol. The Labute approximate surface area is 121 Å². The molecule has 1 unspecified atom stereocenters. The molecule has 2 rings (SSSR count). The maximum atomic E-state index is 11.0. The van der Waals surface area contributed by atoms with Gasteiger partial charge in [-0.3, -0.25) is 4.68 Å². The van der Waals surface area contributed by atoms with E-state index in [1.54, 1.807) is 6.20 Å². The summed E-state index contributed by atoms with van der Waals surface area (Å²) in [4.78, 5) is 0. The highest BCUT2D eigenvalue weighted by Gasteiger charge is 2.43. The number of rotatable bonds is 5. The number of aromatic nitrogens is 2. The molecule has 0 bridgehead atoms. The van der Waals surface area contributed by atoms with Crippen LogP contribution in [0, 0.1) is 11.3 Å². The first-order chi connectivity index (χ1) is 9.00. The van der Waals surface area contributed by atoms with Crippen LogP contribution in [0.1, 0.15) is 64.7 Å². The number of nitrogens with zero attached hydrogens (tertiary/aromatic N) is 2. The van der Waals surface area contributed by atoms with Gasteiger partial charge < -0.3 is 5.11 Å². The Bertz CT molecular complexity index is 422. The minimum atomic E-state index is -0.493. The number of hydrogen-bond donors (Lipinski definition) is 1. The molecule has 1 N–H and O–H groups in total. The molecular formula is C15H25ClN2O. The SMILES string of the molecule is CCn1ncc(Cl)c1C(O)C1(CC(C)C)CCCC1. The average Bonchev–Trinajstić information content (AvgIpc) is 2.95. The highest BCUT2D eigenvalue weighted by Crippen LogP contribution is 2.52. The Kier molecular flexibility index (Phi) is 4.57. The molecule has 4 heteroatoms. The fourth-order valence-corrected chi connectivity index (χ4v) is 3.91. The molecule has 0 radical (unpaired) electrons. The van der Waals surface area contributed by atoms with Gasteiger partial charge in [-0.25, -0.2) is 0 Å². The molecular weight excluding hydrogens is 260 g/mol. The van der Waals surface area contributed by atoms with Gasteiger partial charge in [0.05, 0.1) is 16.9 Å². The van der Waals surface area contributed by atoms with Gasteiger partial charge in [0.1, 0.15) is 6.10 Å². The third-order valence-electron chi connectivity index (χ3n) is 4.39. The van der Waals surface area contributed by atoms with Gasteiger partial charge in [0.25, 0.3) is 0 Å². The first kappa shape index (κ1) is 14.9. The Morgan fingerprint density at radius 1 is 1.42 bits per heavy atom. The molecule has 108 valence electrons. The molecule has 1 aliphatic rings. The van der Waals surface area contributed by atoms with E-state index in [1.807, 2.05) is 11.6 Å². The first-order valence-corrected chi connectivity index (χ1v) is 7.77. The van der Waals surface area contributed by atoms with E-state index >= 15 is 0 Å². The van der Waals surface area contributed by atoms with Crippen LogP contribution in [0.4, 0.5) is 0 Å². The Morgan fingerprint density at radius 2 is 2.05 bits per heavy atom. The van der Waals surface area contributed by atoms with Crippen molar-refractivity contribution in [3.63, 3.8) is 0 Å². The summed E-state index contributed by atoms with van der Waals surface area (Å²) in [5.74, 6) is 0.588. The first-order valence-electron chi connectivity index (χ1n) is 7.39. The van der Waals surface area contributed by atoms with Crippen molar-refractivity contribution in [3.8, 4) is 0 Å². The molecule has 1 atom stereocenters. The van der Waals surface area contributed by atoms with Crippen molar-refractivity contribution < 1.29 is 5.11 Å². The summed E-state index contributed by atoms with van der Waals surface area (Å²) in [6.45, 7) is 7.23.